The van der Waals surface area contributed by atoms with Crippen molar-refractivity contribution in [2.45, 2.75) is 64.3 Å². The highest BCUT2D eigenvalue weighted by Crippen LogP contribution is 2.36. The van der Waals surface area contributed by atoms with Crippen molar-refractivity contribution in [1.82, 2.24) is 14.8 Å². The molecule has 0 radical (unpaired) electrons. The number of nitrogens with two attached hydrogens (primary N) is 1. The Labute approximate surface area is 152 Å². The molecule has 3 rings (SSSR count). The summed E-state index contributed by atoms with van der Waals surface area (Å²) in [6.45, 7) is 0.570. The SMILES string of the molecule is NC(=O)c1nnc2n1CCCCCCCCCCc1cc(O)cc(O)c1-2. The predicted octanol–water partition coefficient (Wildman–Crippen LogP) is 3.13. The summed E-state index contributed by atoms with van der Waals surface area (Å²) < 4.78 is 1.70. The van der Waals surface area contributed by atoms with Gasteiger partial charge in [0.2, 0.25) is 5.82 Å². The van der Waals surface area contributed by atoms with Gasteiger partial charge in [-0.15, -0.1) is 10.2 Å². The molecule has 0 unspecified atom stereocenters. The number of aryl methyl sites for hydroxylation is 1. The van der Waals surface area contributed by atoms with Crippen molar-refractivity contribution in [3.8, 4) is 22.9 Å². The Bertz CT molecular complexity index is 785. The Kier molecular flexibility index (Phi) is 5.75. The second-order valence-electron chi connectivity index (χ2n) is 6.94. The van der Waals surface area contributed by atoms with Gasteiger partial charge in [-0.1, -0.05) is 38.5 Å². The second kappa shape index (κ2) is 8.21. The molecule has 2 aromatic rings. The van der Waals surface area contributed by atoms with Crippen molar-refractivity contribution >= 4 is 5.91 Å². The normalized spacial score (nSPS) is 16.3. The van der Waals surface area contributed by atoms with Crippen molar-refractivity contribution in [2.24, 2.45) is 5.73 Å². The summed E-state index contributed by atoms with van der Waals surface area (Å²) in [4.78, 5) is 11.8. The maximum atomic E-state index is 11.8. The third-order valence-electron chi connectivity index (χ3n) is 4.96. The van der Waals surface area contributed by atoms with E-state index >= 15 is 0 Å². The summed E-state index contributed by atoms with van der Waals surface area (Å²) in [5.41, 5.74) is 6.80. The monoisotopic (exact) mass is 358 g/mol. The summed E-state index contributed by atoms with van der Waals surface area (Å²) in [5, 5.41) is 28.5. The van der Waals surface area contributed by atoms with Crippen LogP contribution < -0.4 is 5.73 Å². The molecular formula is C19H26N4O3. The van der Waals surface area contributed by atoms with Crippen LogP contribution in [-0.2, 0) is 13.0 Å². The van der Waals surface area contributed by atoms with Crippen LogP contribution in [0.4, 0.5) is 0 Å². The van der Waals surface area contributed by atoms with Gasteiger partial charge in [-0.05, 0) is 30.9 Å². The molecule has 1 aliphatic heterocycles. The summed E-state index contributed by atoms with van der Waals surface area (Å²) in [6, 6.07) is 2.95. The van der Waals surface area contributed by atoms with E-state index in [2.05, 4.69) is 10.2 Å². The lowest BCUT2D eigenvalue weighted by molar-refractivity contribution is 0.0985. The molecule has 0 fully saturated rings. The first-order chi connectivity index (χ1) is 12.6. The van der Waals surface area contributed by atoms with Crippen LogP contribution in [0.3, 0.4) is 0 Å². The maximum absolute atomic E-state index is 11.8. The number of carbonyl (C=O) groups excluding carboxylic acids is 1. The molecule has 0 saturated heterocycles. The zero-order chi connectivity index (χ0) is 18.5. The number of aromatic hydroxyl groups is 2. The first-order valence-electron chi connectivity index (χ1n) is 9.36. The Morgan fingerprint density at radius 2 is 1.62 bits per heavy atom. The minimum atomic E-state index is -0.635. The molecule has 7 nitrogen and oxygen atoms in total. The van der Waals surface area contributed by atoms with Crippen molar-refractivity contribution in [3.63, 3.8) is 0 Å². The molecule has 0 saturated carbocycles. The average Bonchev–Trinajstić information content (AvgIpc) is 2.99. The number of hydrogen-bond acceptors (Lipinski definition) is 5. The molecule has 4 N–H and O–H groups in total. The summed E-state index contributed by atoms with van der Waals surface area (Å²) in [6.07, 6.45) is 9.54. The Balaban J connectivity index is 2.08. The van der Waals surface area contributed by atoms with Crippen molar-refractivity contribution < 1.29 is 15.0 Å². The van der Waals surface area contributed by atoms with Gasteiger partial charge in [0.25, 0.3) is 5.91 Å². The number of amides is 1. The number of aromatic nitrogens is 3. The number of phenolic OH excluding ortho intramolecular Hbond substituents is 2. The smallest absolute Gasteiger partial charge is 0.286 e. The molecule has 7 heteroatoms. The number of nitrogens with zero attached hydrogens (tertiary/aromatic N) is 3. The average molecular weight is 358 g/mol. The number of carbonyl (C=O) groups is 1. The number of benzene rings is 1. The van der Waals surface area contributed by atoms with Gasteiger partial charge in [0.1, 0.15) is 11.5 Å². The summed E-state index contributed by atoms with van der Waals surface area (Å²) in [5.74, 6) is -0.140. The standard InChI is InChI=1S/C19H26N4O3/c20-17(26)19-22-21-18-16-13(11-14(24)12-15(16)25)9-7-5-3-1-2-4-6-8-10-23(18)19/h11-12,24-25H,1-10H2,(H2,20,26). The van der Waals surface area contributed by atoms with Crippen LogP contribution in [0.2, 0.25) is 0 Å². The third-order valence-corrected chi connectivity index (χ3v) is 4.96. The molecule has 0 aliphatic carbocycles. The lowest BCUT2D eigenvalue weighted by atomic mass is 9.98. The Hall–Kier alpha value is -2.57. The highest BCUT2D eigenvalue weighted by atomic mass is 16.3. The lowest BCUT2D eigenvalue weighted by Crippen LogP contribution is -2.19. The quantitative estimate of drug-likeness (QED) is 0.724. The van der Waals surface area contributed by atoms with Crippen molar-refractivity contribution in [2.75, 3.05) is 0 Å². The number of phenols is 2. The summed E-state index contributed by atoms with van der Waals surface area (Å²) >= 11 is 0. The third kappa shape index (κ3) is 3.98. The first kappa shape index (κ1) is 18.2. The number of primary amides is 1. The van der Waals surface area contributed by atoms with Crippen molar-refractivity contribution in [3.05, 3.63) is 23.5 Å². The van der Waals surface area contributed by atoms with Crippen LogP contribution in [0.1, 0.15) is 67.5 Å². The van der Waals surface area contributed by atoms with E-state index in [1.807, 2.05) is 0 Å². The number of rotatable bonds is 1. The second-order valence-corrected chi connectivity index (χ2v) is 6.94. The molecule has 2 heterocycles. The van der Waals surface area contributed by atoms with Gasteiger partial charge in [0.05, 0.1) is 5.56 Å². The highest BCUT2D eigenvalue weighted by molar-refractivity contribution is 5.90. The molecular weight excluding hydrogens is 332 g/mol. The van der Waals surface area contributed by atoms with Crippen LogP contribution in [0.25, 0.3) is 11.4 Å². The molecule has 1 aromatic carbocycles. The van der Waals surface area contributed by atoms with Gasteiger partial charge in [-0.25, -0.2) is 0 Å². The molecule has 0 spiro atoms. The van der Waals surface area contributed by atoms with E-state index in [1.165, 1.54) is 31.7 Å². The van der Waals surface area contributed by atoms with Crippen LogP contribution in [0.5, 0.6) is 11.5 Å². The Morgan fingerprint density at radius 3 is 2.31 bits per heavy atom. The van der Waals surface area contributed by atoms with Crippen LogP contribution in [-0.4, -0.2) is 30.9 Å². The first-order valence-corrected chi connectivity index (χ1v) is 9.36. The highest BCUT2D eigenvalue weighted by Gasteiger charge is 2.23. The molecule has 1 aromatic heterocycles. The molecule has 1 amide bonds. The predicted molar refractivity (Wildman–Crippen MR) is 97.9 cm³/mol. The van der Waals surface area contributed by atoms with E-state index in [-0.39, 0.29) is 17.3 Å². The molecule has 0 atom stereocenters. The van der Waals surface area contributed by atoms with Gasteiger partial charge in [-0.3, -0.25) is 4.79 Å². The molecule has 140 valence electrons. The topological polar surface area (TPSA) is 114 Å². The van der Waals surface area contributed by atoms with Gasteiger partial charge in [0, 0.05) is 12.6 Å². The number of fused-ring (bicyclic) bond motifs is 3. The zero-order valence-electron chi connectivity index (χ0n) is 14.9. The van der Waals surface area contributed by atoms with Gasteiger partial charge < -0.3 is 20.5 Å². The van der Waals surface area contributed by atoms with E-state index in [4.69, 9.17) is 5.73 Å². The lowest BCUT2D eigenvalue weighted by Gasteiger charge is -2.15. The van der Waals surface area contributed by atoms with E-state index in [0.717, 1.165) is 37.7 Å². The van der Waals surface area contributed by atoms with Crippen molar-refractivity contribution in [1.29, 1.82) is 0 Å². The minimum absolute atomic E-state index is 0.0172. The minimum Gasteiger partial charge on any atom is -0.508 e. The van der Waals surface area contributed by atoms with Crippen LogP contribution >= 0.6 is 0 Å². The fourth-order valence-corrected chi connectivity index (χ4v) is 3.65. The van der Waals surface area contributed by atoms with Gasteiger partial charge in [0.15, 0.2) is 5.82 Å². The van der Waals surface area contributed by atoms with Crippen LogP contribution in [0, 0.1) is 0 Å². The van der Waals surface area contributed by atoms with E-state index in [1.54, 1.807) is 10.6 Å². The Morgan fingerprint density at radius 1 is 0.962 bits per heavy atom. The van der Waals surface area contributed by atoms with Gasteiger partial charge in [-0.2, -0.15) is 0 Å². The van der Waals surface area contributed by atoms with E-state index < -0.39 is 5.91 Å². The fraction of sp³-hybridized carbons (Fsp3) is 0.526. The van der Waals surface area contributed by atoms with E-state index in [9.17, 15) is 15.0 Å². The zero-order valence-corrected chi connectivity index (χ0v) is 14.9. The summed E-state index contributed by atoms with van der Waals surface area (Å²) in [7, 11) is 0. The number of hydrogen-bond donors (Lipinski definition) is 3. The fourth-order valence-electron chi connectivity index (χ4n) is 3.65. The largest absolute Gasteiger partial charge is 0.508 e. The van der Waals surface area contributed by atoms with E-state index in [0.29, 0.717) is 17.9 Å². The van der Waals surface area contributed by atoms with Crippen LogP contribution in [0.15, 0.2) is 12.1 Å². The maximum Gasteiger partial charge on any atom is 0.286 e. The molecule has 26 heavy (non-hydrogen) atoms. The molecule has 0 bridgehead atoms. The van der Waals surface area contributed by atoms with Gasteiger partial charge >= 0.3 is 0 Å². The molecule has 1 aliphatic rings.